The van der Waals surface area contributed by atoms with Gasteiger partial charge in [-0.15, -0.1) is 6.42 Å². The lowest BCUT2D eigenvalue weighted by Crippen LogP contribution is -2.05. The number of ether oxygens (including phenoxy) is 1. The van der Waals surface area contributed by atoms with E-state index in [-0.39, 0.29) is 12.6 Å². The Labute approximate surface area is 80.7 Å². The second kappa shape index (κ2) is 7.67. The van der Waals surface area contributed by atoms with Crippen LogP contribution in [0.3, 0.4) is 0 Å². The SMILES string of the molecule is C#CCOC(=O)CCCC(C)CC. The predicted octanol–water partition coefficient (Wildman–Crippen LogP) is 2.38. The van der Waals surface area contributed by atoms with Gasteiger partial charge in [-0.3, -0.25) is 4.79 Å². The molecule has 0 bridgehead atoms. The number of terminal acetylenes is 1. The van der Waals surface area contributed by atoms with Gasteiger partial charge in [-0.05, 0) is 12.3 Å². The Bertz CT molecular complexity index is 179. The molecule has 1 atom stereocenters. The summed E-state index contributed by atoms with van der Waals surface area (Å²) in [5, 5.41) is 0. The van der Waals surface area contributed by atoms with Gasteiger partial charge in [0.05, 0.1) is 0 Å². The van der Waals surface area contributed by atoms with Crippen LogP contribution in [0.25, 0.3) is 0 Å². The molecule has 0 rings (SSSR count). The van der Waals surface area contributed by atoms with Gasteiger partial charge in [0.2, 0.25) is 0 Å². The Hall–Kier alpha value is -0.970. The molecule has 0 aromatic carbocycles. The van der Waals surface area contributed by atoms with Crippen molar-refractivity contribution < 1.29 is 9.53 Å². The standard InChI is InChI=1S/C11H18O2/c1-4-9-13-11(12)8-6-7-10(3)5-2/h1,10H,5-9H2,2-3H3. The van der Waals surface area contributed by atoms with Crippen LogP contribution >= 0.6 is 0 Å². The van der Waals surface area contributed by atoms with E-state index in [1.807, 2.05) is 0 Å². The molecule has 0 N–H and O–H groups in total. The van der Waals surface area contributed by atoms with Crippen LogP contribution in [-0.2, 0) is 9.53 Å². The average Bonchev–Trinajstić information content (AvgIpc) is 2.14. The summed E-state index contributed by atoms with van der Waals surface area (Å²) in [6.07, 6.45) is 8.59. The highest BCUT2D eigenvalue weighted by atomic mass is 16.5. The Morgan fingerprint density at radius 1 is 1.62 bits per heavy atom. The van der Waals surface area contributed by atoms with E-state index in [1.54, 1.807) is 0 Å². The van der Waals surface area contributed by atoms with Crippen molar-refractivity contribution in [1.82, 2.24) is 0 Å². The van der Waals surface area contributed by atoms with Gasteiger partial charge in [0.1, 0.15) is 0 Å². The summed E-state index contributed by atoms with van der Waals surface area (Å²) in [4.78, 5) is 11.0. The number of rotatable bonds is 6. The Kier molecular flexibility index (Phi) is 7.10. The fourth-order valence-electron chi connectivity index (χ4n) is 0.993. The highest BCUT2D eigenvalue weighted by Crippen LogP contribution is 2.11. The van der Waals surface area contributed by atoms with Crippen molar-refractivity contribution in [2.45, 2.75) is 39.5 Å². The molecular weight excluding hydrogens is 164 g/mol. The lowest BCUT2D eigenvalue weighted by Gasteiger charge is -2.06. The quantitative estimate of drug-likeness (QED) is 0.465. The molecule has 0 amide bonds. The molecule has 0 aromatic heterocycles. The van der Waals surface area contributed by atoms with Crippen LogP contribution in [0.2, 0.25) is 0 Å². The summed E-state index contributed by atoms with van der Waals surface area (Å²) in [7, 11) is 0. The maximum absolute atomic E-state index is 11.0. The maximum Gasteiger partial charge on any atom is 0.306 e. The topological polar surface area (TPSA) is 26.3 Å². The first-order chi connectivity index (χ1) is 6.20. The molecule has 0 saturated carbocycles. The molecule has 0 aliphatic rings. The van der Waals surface area contributed by atoms with Crippen molar-refractivity contribution >= 4 is 5.97 Å². The lowest BCUT2D eigenvalue weighted by molar-refractivity contribution is -0.142. The van der Waals surface area contributed by atoms with Gasteiger partial charge in [0.25, 0.3) is 0 Å². The summed E-state index contributed by atoms with van der Waals surface area (Å²) in [5.74, 6) is 2.78. The van der Waals surface area contributed by atoms with Crippen molar-refractivity contribution in [2.75, 3.05) is 6.61 Å². The minimum atomic E-state index is -0.179. The molecule has 2 heteroatoms. The molecule has 2 nitrogen and oxygen atoms in total. The van der Waals surface area contributed by atoms with Gasteiger partial charge in [0.15, 0.2) is 6.61 Å². The summed E-state index contributed by atoms with van der Waals surface area (Å²) in [5.41, 5.74) is 0. The largest absolute Gasteiger partial charge is 0.452 e. The minimum Gasteiger partial charge on any atom is -0.452 e. The first-order valence-corrected chi connectivity index (χ1v) is 4.79. The van der Waals surface area contributed by atoms with Crippen LogP contribution in [0.1, 0.15) is 39.5 Å². The number of carbonyl (C=O) groups excluding carboxylic acids is 1. The van der Waals surface area contributed by atoms with E-state index in [9.17, 15) is 4.79 Å². The van der Waals surface area contributed by atoms with Gasteiger partial charge in [-0.2, -0.15) is 0 Å². The van der Waals surface area contributed by atoms with Gasteiger partial charge in [0, 0.05) is 6.42 Å². The summed E-state index contributed by atoms with van der Waals surface area (Å²) in [6, 6.07) is 0. The van der Waals surface area contributed by atoms with E-state index in [0.717, 1.165) is 12.8 Å². The third-order valence-corrected chi connectivity index (χ3v) is 2.09. The molecule has 0 fully saturated rings. The number of carbonyl (C=O) groups is 1. The molecule has 13 heavy (non-hydrogen) atoms. The average molecular weight is 182 g/mol. The Balaban J connectivity index is 3.32. The number of hydrogen-bond acceptors (Lipinski definition) is 2. The third-order valence-electron chi connectivity index (χ3n) is 2.09. The molecule has 0 saturated heterocycles. The highest BCUT2D eigenvalue weighted by Gasteiger charge is 2.03. The highest BCUT2D eigenvalue weighted by molar-refractivity contribution is 5.69. The fraction of sp³-hybridized carbons (Fsp3) is 0.727. The van der Waals surface area contributed by atoms with E-state index in [1.165, 1.54) is 6.42 Å². The van der Waals surface area contributed by atoms with E-state index < -0.39 is 0 Å². The minimum absolute atomic E-state index is 0.0994. The second-order valence-corrected chi connectivity index (χ2v) is 3.27. The molecular formula is C11H18O2. The van der Waals surface area contributed by atoms with Crippen molar-refractivity contribution in [2.24, 2.45) is 5.92 Å². The van der Waals surface area contributed by atoms with Gasteiger partial charge >= 0.3 is 5.97 Å². The summed E-state index contributed by atoms with van der Waals surface area (Å²) >= 11 is 0. The van der Waals surface area contributed by atoms with Crippen molar-refractivity contribution in [3.8, 4) is 12.3 Å². The van der Waals surface area contributed by atoms with Crippen LogP contribution < -0.4 is 0 Å². The normalized spacial score (nSPS) is 11.8. The molecule has 1 unspecified atom stereocenters. The fourth-order valence-corrected chi connectivity index (χ4v) is 0.993. The number of hydrogen-bond donors (Lipinski definition) is 0. The molecule has 0 spiro atoms. The summed E-state index contributed by atoms with van der Waals surface area (Å²) in [6.45, 7) is 4.44. The van der Waals surface area contributed by atoms with Crippen molar-refractivity contribution in [3.63, 3.8) is 0 Å². The molecule has 0 aromatic rings. The predicted molar refractivity (Wildman–Crippen MR) is 53.1 cm³/mol. The van der Waals surface area contributed by atoms with Gasteiger partial charge in [-0.1, -0.05) is 32.6 Å². The second-order valence-electron chi connectivity index (χ2n) is 3.27. The van der Waals surface area contributed by atoms with Gasteiger partial charge in [-0.25, -0.2) is 0 Å². The van der Waals surface area contributed by atoms with E-state index in [0.29, 0.717) is 12.3 Å². The van der Waals surface area contributed by atoms with Gasteiger partial charge < -0.3 is 4.74 Å². The van der Waals surface area contributed by atoms with Crippen molar-refractivity contribution in [1.29, 1.82) is 0 Å². The van der Waals surface area contributed by atoms with E-state index in [2.05, 4.69) is 19.8 Å². The molecule has 0 aliphatic carbocycles. The Morgan fingerprint density at radius 2 is 2.31 bits per heavy atom. The lowest BCUT2D eigenvalue weighted by atomic mass is 10.0. The third kappa shape index (κ3) is 7.39. The zero-order chi connectivity index (χ0) is 10.1. The molecule has 74 valence electrons. The molecule has 0 heterocycles. The van der Waals surface area contributed by atoms with Crippen molar-refractivity contribution in [3.05, 3.63) is 0 Å². The van der Waals surface area contributed by atoms with Crippen LogP contribution in [-0.4, -0.2) is 12.6 Å². The van der Waals surface area contributed by atoms with E-state index in [4.69, 9.17) is 11.2 Å². The Morgan fingerprint density at radius 3 is 2.85 bits per heavy atom. The first kappa shape index (κ1) is 12.0. The van der Waals surface area contributed by atoms with Crippen LogP contribution in [0.5, 0.6) is 0 Å². The first-order valence-electron chi connectivity index (χ1n) is 4.79. The van der Waals surface area contributed by atoms with Crippen LogP contribution in [0, 0.1) is 18.3 Å². The maximum atomic E-state index is 11.0. The zero-order valence-corrected chi connectivity index (χ0v) is 8.51. The van der Waals surface area contributed by atoms with Crippen LogP contribution in [0.15, 0.2) is 0 Å². The monoisotopic (exact) mass is 182 g/mol. The zero-order valence-electron chi connectivity index (χ0n) is 8.51. The number of esters is 1. The molecule has 0 radical (unpaired) electrons. The van der Waals surface area contributed by atoms with Crippen LogP contribution in [0.4, 0.5) is 0 Å². The smallest absolute Gasteiger partial charge is 0.306 e. The van der Waals surface area contributed by atoms with E-state index >= 15 is 0 Å². The summed E-state index contributed by atoms with van der Waals surface area (Å²) < 4.78 is 4.73. The molecule has 0 aliphatic heterocycles.